The first kappa shape index (κ1) is 12.7. The third-order valence-electron chi connectivity index (χ3n) is 3.55. The zero-order valence-electron chi connectivity index (χ0n) is 11.3. The van der Waals surface area contributed by atoms with Crippen molar-refractivity contribution < 1.29 is 0 Å². The Morgan fingerprint density at radius 1 is 0.800 bits per heavy atom. The maximum absolute atomic E-state index is 5.98. The van der Waals surface area contributed by atoms with Crippen LogP contribution < -0.4 is 11.1 Å². The molecule has 1 unspecified atom stereocenters. The van der Waals surface area contributed by atoms with Gasteiger partial charge >= 0.3 is 0 Å². The van der Waals surface area contributed by atoms with Crippen LogP contribution in [0.1, 0.15) is 11.6 Å². The summed E-state index contributed by atoms with van der Waals surface area (Å²) in [5.74, 6) is 0. The van der Waals surface area contributed by atoms with E-state index in [1.807, 2.05) is 18.2 Å². The number of para-hydroxylation sites is 1. The smallest absolute Gasteiger partial charge is 0.0642 e. The fourth-order valence-electron chi connectivity index (χ4n) is 2.55. The predicted octanol–water partition coefficient (Wildman–Crippen LogP) is 3.95. The average molecular weight is 262 g/mol. The summed E-state index contributed by atoms with van der Waals surface area (Å²) in [6.07, 6.45) is 0. The molecule has 20 heavy (non-hydrogen) atoms. The highest BCUT2D eigenvalue weighted by Crippen LogP contribution is 2.26. The second-order valence-electron chi connectivity index (χ2n) is 4.87. The number of hydrogen-bond acceptors (Lipinski definition) is 2. The molecule has 0 spiro atoms. The first-order chi connectivity index (χ1) is 9.88. The Kier molecular flexibility index (Phi) is 3.66. The van der Waals surface area contributed by atoms with E-state index in [2.05, 4.69) is 59.9 Å². The van der Waals surface area contributed by atoms with E-state index >= 15 is 0 Å². The summed E-state index contributed by atoms with van der Waals surface area (Å²) in [5, 5.41) is 6.02. The third-order valence-corrected chi connectivity index (χ3v) is 3.55. The Morgan fingerprint density at radius 3 is 2.30 bits per heavy atom. The van der Waals surface area contributed by atoms with Gasteiger partial charge in [0.2, 0.25) is 0 Å². The van der Waals surface area contributed by atoms with E-state index in [9.17, 15) is 0 Å². The van der Waals surface area contributed by atoms with Gasteiger partial charge in [-0.1, -0.05) is 60.7 Å². The van der Waals surface area contributed by atoms with Crippen molar-refractivity contribution in [3.8, 4) is 0 Å². The molecule has 0 aliphatic rings. The van der Waals surface area contributed by atoms with Gasteiger partial charge in [-0.05, 0) is 28.5 Å². The fourth-order valence-corrected chi connectivity index (χ4v) is 2.55. The van der Waals surface area contributed by atoms with Gasteiger partial charge in [-0.3, -0.25) is 0 Å². The average Bonchev–Trinajstić information content (AvgIpc) is 2.53. The molecule has 3 aromatic rings. The Hall–Kier alpha value is -2.32. The summed E-state index contributed by atoms with van der Waals surface area (Å²) in [5.41, 5.74) is 8.32. The highest BCUT2D eigenvalue weighted by Gasteiger charge is 2.12. The Bertz CT molecular complexity index is 687. The monoisotopic (exact) mass is 262 g/mol. The zero-order chi connectivity index (χ0) is 13.8. The molecule has 3 aromatic carbocycles. The van der Waals surface area contributed by atoms with Crippen LogP contribution in [0.25, 0.3) is 10.8 Å². The third kappa shape index (κ3) is 2.51. The zero-order valence-corrected chi connectivity index (χ0v) is 11.3. The minimum atomic E-state index is 0.114. The minimum absolute atomic E-state index is 0.114. The summed E-state index contributed by atoms with van der Waals surface area (Å²) in [6, 6.07) is 25.1. The van der Waals surface area contributed by atoms with E-state index in [0.717, 1.165) is 5.69 Å². The van der Waals surface area contributed by atoms with Crippen molar-refractivity contribution in [2.75, 3.05) is 11.9 Å². The molecule has 100 valence electrons. The van der Waals surface area contributed by atoms with Crippen molar-refractivity contribution in [2.45, 2.75) is 6.04 Å². The first-order valence-electron chi connectivity index (χ1n) is 6.88. The SMILES string of the molecule is NCC(Nc1ccccc1)c1cccc2ccccc12. The normalized spacial score (nSPS) is 12.2. The van der Waals surface area contributed by atoms with Crippen LogP contribution in [0.4, 0.5) is 5.69 Å². The summed E-state index contributed by atoms with van der Waals surface area (Å²) in [7, 11) is 0. The molecule has 0 heterocycles. The molecule has 0 aliphatic heterocycles. The summed E-state index contributed by atoms with van der Waals surface area (Å²) in [6.45, 7) is 0.558. The molecule has 3 N–H and O–H groups in total. The number of nitrogens with two attached hydrogens (primary N) is 1. The summed E-state index contributed by atoms with van der Waals surface area (Å²) >= 11 is 0. The Morgan fingerprint density at radius 2 is 1.50 bits per heavy atom. The number of hydrogen-bond donors (Lipinski definition) is 2. The predicted molar refractivity (Wildman–Crippen MR) is 85.8 cm³/mol. The van der Waals surface area contributed by atoms with Gasteiger partial charge in [-0.25, -0.2) is 0 Å². The maximum atomic E-state index is 5.98. The van der Waals surface area contributed by atoms with Crippen molar-refractivity contribution >= 4 is 16.5 Å². The van der Waals surface area contributed by atoms with Crippen LogP contribution in [0.2, 0.25) is 0 Å². The van der Waals surface area contributed by atoms with E-state index in [0.29, 0.717) is 6.54 Å². The second kappa shape index (κ2) is 5.76. The second-order valence-corrected chi connectivity index (χ2v) is 4.87. The topological polar surface area (TPSA) is 38.0 Å². The molecule has 0 saturated heterocycles. The molecule has 2 nitrogen and oxygen atoms in total. The molecule has 0 aromatic heterocycles. The number of anilines is 1. The van der Waals surface area contributed by atoms with Crippen LogP contribution in [0.5, 0.6) is 0 Å². The van der Waals surface area contributed by atoms with Gasteiger partial charge in [0, 0.05) is 12.2 Å². The quantitative estimate of drug-likeness (QED) is 0.747. The van der Waals surface area contributed by atoms with E-state index in [-0.39, 0.29) is 6.04 Å². The van der Waals surface area contributed by atoms with Crippen LogP contribution in [-0.4, -0.2) is 6.54 Å². The molecule has 3 rings (SSSR count). The van der Waals surface area contributed by atoms with Crippen molar-refractivity contribution in [3.63, 3.8) is 0 Å². The molecule has 0 radical (unpaired) electrons. The van der Waals surface area contributed by atoms with Gasteiger partial charge in [0.15, 0.2) is 0 Å². The molecule has 2 heteroatoms. The molecular formula is C18H18N2. The van der Waals surface area contributed by atoms with Gasteiger partial charge in [-0.15, -0.1) is 0 Å². The van der Waals surface area contributed by atoms with E-state index in [1.54, 1.807) is 0 Å². The van der Waals surface area contributed by atoms with Gasteiger partial charge in [0.1, 0.15) is 0 Å². The molecular weight excluding hydrogens is 244 g/mol. The number of rotatable bonds is 4. The molecule has 0 saturated carbocycles. The first-order valence-corrected chi connectivity index (χ1v) is 6.88. The van der Waals surface area contributed by atoms with Crippen molar-refractivity contribution in [2.24, 2.45) is 5.73 Å². The van der Waals surface area contributed by atoms with Crippen LogP contribution >= 0.6 is 0 Å². The standard InChI is InChI=1S/C18H18N2/c19-13-18(20-15-9-2-1-3-10-15)17-12-6-8-14-7-4-5-11-16(14)17/h1-12,18,20H,13,19H2. The fraction of sp³-hybridized carbons (Fsp3) is 0.111. The lowest BCUT2D eigenvalue weighted by atomic mass is 9.98. The van der Waals surface area contributed by atoms with Crippen LogP contribution in [0, 0.1) is 0 Å². The van der Waals surface area contributed by atoms with Gasteiger partial charge in [0.25, 0.3) is 0 Å². The largest absolute Gasteiger partial charge is 0.377 e. The summed E-state index contributed by atoms with van der Waals surface area (Å²) < 4.78 is 0. The Balaban J connectivity index is 1.99. The lowest BCUT2D eigenvalue weighted by Crippen LogP contribution is -2.20. The highest BCUT2D eigenvalue weighted by atomic mass is 14.9. The van der Waals surface area contributed by atoms with Crippen molar-refractivity contribution in [3.05, 3.63) is 78.4 Å². The van der Waals surface area contributed by atoms with Crippen LogP contribution in [0.15, 0.2) is 72.8 Å². The van der Waals surface area contributed by atoms with E-state index < -0.39 is 0 Å². The number of fused-ring (bicyclic) bond motifs is 1. The van der Waals surface area contributed by atoms with Crippen LogP contribution in [0.3, 0.4) is 0 Å². The van der Waals surface area contributed by atoms with E-state index in [1.165, 1.54) is 16.3 Å². The Labute approximate surface area is 119 Å². The highest BCUT2D eigenvalue weighted by molar-refractivity contribution is 5.86. The van der Waals surface area contributed by atoms with Crippen molar-refractivity contribution in [1.29, 1.82) is 0 Å². The molecule has 0 aliphatic carbocycles. The molecule has 0 fully saturated rings. The minimum Gasteiger partial charge on any atom is -0.377 e. The lowest BCUT2D eigenvalue weighted by Gasteiger charge is -2.20. The van der Waals surface area contributed by atoms with Gasteiger partial charge < -0.3 is 11.1 Å². The molecule has 0 amide bonds. The molecule has 1 atom stereocenters. The number of nitrogens with one attached hydrogen (secondary N) is 1. The van der Waals surface area contributed by atoms with Crippen molar-refractivity contribution in [1.82, 2.24) is 0 Å². The van der Waals surface area contributed by atoms with Gasteiger partial charge in [-0.2, -0.15) is 0 Å². The van der Waals surface area contributed by atoms with Crippen LogP contribution in [-0.2, 0) is 0 Å². The maximum Gasteiger partial charge on any atom is 0.0642 e. The lowest BCUT2D eigenvalue weighted by molar-refractivity contribution is 0.797. The number of benzene rings is 3. The summed E-state index contributed by atoms with van der Waals surface area (Å²) in [4.78, 5) is 0. The van der Waals surface area contributed by atoms with E-state index in [4.69, 9.17) is 5.73 Å². The van der Waals surface area contributed by atoms with Gasteiger partial charge in [0.05, 0.1) is 6.04 Å². The molecule has 0 bridgehead atoms.